The zero-order valence-corrected chi connectivity index (χ0v) is 19.4. The highest BCUT2D eigenvalue weighted by atomic mass is 16.5. The van der Waals surface area contributed by atoms with Gasteiger partial charge in [0.25, 0.3) is 5.91 Å². The number of likely N-dealkylation sites (tertiary alicyclic amines) is 1. The number of hydrogen-bond acceptors (Lipinski definition) is 8. The molecule has 0 bridgehead atoms. The van der Waals surface area contributed by atoms with Crippen molar-refractivity contribution in [1.82, 2.24) is 35.0 Å². The molecule has 1 amide bonds. The van der Waals surface area contributed by atoms with E-state index >= 15 is 0 Å². The number of carbonyl (C=O) groups excluding carboxylic acids is 1. The molecule has 0 spiro atoms. The lowest BCUT2D eigenvalue weighted by Gasteiger charge is -2.26. The number of benzene rings is 1. The van der Waals surface area contributed by atoms with Crippen molar-refractivity contribution in [2.24, 2.45) is 0 Å². The molecule has 4 heterocycles. The van der Waals surface area contributed by atoms with Crippen LogP contribution in [-0.4, -0.2) is 53.6 Å². The third kappa shape index (κ3) is 4.05. The topological polar surface area (TPSA) is 112 Å². The van der Waals surface area contributed by atoms with Crippen molar-refractivity contribution in [3.8, 4) is 23.0 Å². The Morgan fingerprint density at radius 1 is 1.09 bits per heavy atom. The first-order valence-corrected chi connectivity index (χ1v) is 11.9. The zero-order valence-electron chi connectivity index (χ0n) is 19.4. The Morgan fingerprint density at radius 2 is 1.94 bits per heavy atom. The van der Waals surface area contributed by atoms with Crippen molar-refractivity contribution < 1.29 is 14.1 Å². The molecule has 0 radical (unpaired) electrons. The maximum absolute atomic E-state index is 13.7. The highest BCUT2D eigenvalue weighted by molar-refractivity contribution is 5.98. The molecule has 1 unspecified atom stereocenters. The van der Waals surface area contributed by atoms with Crippen LogP contribution in [0.5, 0.6) is 5.88 Å². The smallest absolute Gasteiger partial charge is 0.256 e. The number of rotatable bonds is 6. The molecule has 1 aromatic carbocycles. The van der Waals surface area contributed by atoms with Gasteiger partial charge in [-0.3, -0.25) is 4.79 Å². The lowest BCUT2D eigenvalue weighted by atomic mass is 9.96. The van der Waals surface area contributed by atoms with E-state index in [1.165, 1.54) is 11.2 Å². The number of hydrogen-bond donors (Lipinski definition) is 0. The minimum atomic E-state index is -0.310. The maximum Gasteiger partial charge on any atom is 0.256 e. The molecular weight excluding hydrogens is 446 g/mol. The van der Waals surface area contributed by atoms with Crippen molar-refractivity contribution in [3.63, 3.8) is 0 Å². The molecule has 3 aromatic heterocycles. The van der Waals surface area contributed by atoms with E-state index in [0.29, 0.717) is 41.0 Å². The predicted octanol–water partition coefficient (Wildman–Crippen LogP) is 3.93. The van der Waals surface area contributed by atoms with Gasteiger partial charge in [0, 0.05) is 12.7 Å². The zero-order chi connectivity index (χ0) is 23.8. The fourth-order valence-corrected chi connectivity index (χ4v) is 4.54. The summed E-state index contributed by atoms with van der Waals surface area (Å²) < 4.78 is 11.7. The molecule has 1 aliphatic carbocycles. The van der Waals surface area contributed by atoms with Gasteiger partial charge < -0.3 is 14.2 Å². The molecule has 4 aromatic rings. The molecule has 178 valence electrons. The van der Waals surface area contributed by atoms with Crippen LogP contribution < -0.4 is 4.74 Å². The summed E-state index contributed by atoms with van der Waals surface area (Å²) in [5, 5.41) is 12.6. The van der Waals surface area contributed by atoms with Crippen LogP contribution in [0.25, 0.3) is 17.1 Å². The van der Waals surface area contributed by atoms with Crippen molar-refractivity contribution in [1.29, 1.82) is 0 Å². The summed E-state index contributed by atoms with van der Waals surface area (Å²) in [6.07, 6.45) is 9.88. The Labute approximate surface area is 201 Å². The molecule has 1 atom stereocenters. The molecule has 10 nitrogen and oxygen atoms in total. The van der Waals surface area contributed by atoms with E-state index < -0.39 is 0 Å². The highest BCUT2D eigenvalue weighted by Gasteiger charge is 2.36. The number of aromatic nitrogens is 6. The molecule has 1 aliphatic heterocycles. The Balaban J connectivity index is 1.29. The van der Waals surface area contributed by atoms with Gasteiger partial charge in [0.1, 0.15) is 12.1 Å². The number of aryl methyl sites for hydroxylation is 1. The van der Waals surface area contributed by atoms with Gasteiger partial charge in [-0.1, -0.05) is 16.8 Å². The van der Waals surface area contributed by atoms with Gasteiger partial charge in [0.05, 0.1) is 29.2 Å². The van der Waals surface area contributed by atoms with Gasteiger partial charge in [-0.25, -0.2) is 4.98 Å². The summed E-state index contributed by atoms with van der Waals surface area (Å²) in [6, 6.07) is 9.07. The molecule has 2 aliphatic rings. The van der Waals surface area contributed by atoms with E-state index in [4.69, 9.17) is 9.26 Å². The number of carbonyl (C=O) groups is 1. The second-order valence-electron chi connectivity index (χ2n) is 8.98. The minimum Gasteiger partial charge on any atom is -0.474 e. The monoisotopic (exact) mass is 471 g/mol. The lowest BCUT2D eigenvalue weighted by Crippen LogP contribution is -2.31. The quantitative estimate of drug-likeness (QED) is 0.416. The third-order valence-corrected chi connectivity index (χ3v) is 6.60. The second-order valence-corrected chi connectivity index (χ2v) is 8.98. The fourth-order valence-electron chi connectivity index (χ4n) is 4.54. The molecule has 1 saturated carbocycles. The maximum atomic E-state index is 13.7. The van der Waals surface area contributed by atoms with E-state index in [-0.39, 0.29) is 18.1 Å². The van der Waals surface area contributed by atoms with Crippen LogP contribution in [0, 0.1) is 6.92 Å². The average Bonchev–Trinajstić information content (AvgIpc) is 3.62. The Morgan fingerprint density at radius 3 is 2.74 bits per heavy atom. The summed E-state index contributed by atoms with van der Waals surface area (Å²) in [5.74, 6) is 1.23. The fraction of sp³-hybridized carbons (Fsp3) is 0.360. The first-order chi connectivity index (χ1) is 17.2. The standard InChI is InChI=1S/C25H25N7O3/c1-16-9-10-20(32-27-12-13-28-32)19(15-16)25(33)31-14-4-8-21(31)24-29-22(30-35-24)18-7-3-11-26-23(18)34-17-5-2-6-17/h3,7,9-13,15,17,21H,2,4-6,8,14H2,1H3. The molecule has 10 heteroatoms. The Kier molecular flexibility index (Phi) is 5.48. The number of pyridine rings is 1. The van der Waals surface area contributed by atoms with Crippen LogP contribution in [0.4, 0.5) is 0 Å². The normalized spacial score (nSPS) is 18.0. The molecule has 35 heavy (non-hydrogen) atoms. The van der Waals surface area contributed by atoms with Gasteiger partial charge >= 0.3 is 0 Å². The summed E-state index contributed by atoms with van der Waals surface area (Å²) in [7, 11) is 0. The summed E-state index contributed by atoms with van der Waals surface area (Å²) in [6.45, 7) is 2.56. The predicted molar refractivity (Wildman–Crippen MR) is 125 cm³/mol. The Hall–Kier alpha value is -4.08. The van der Waals surface area contributed by atoms with Gasteiger partial charge in [0.15, 0.2) is 0 Å². The molecule has 1 saturated heterocycles. The van der Waals surface area contributed by atoms with Crippen molar-refractivity contribution in [3.05, 3.63) is 65.9 Å². The highest BCUT2D eigenvalue weighted by Crippen LogP contribution is 2.36. The number of amides is 1. The lowest BCUT2D eigenvalue weighted by molar-refractivity contribution is 0.0709. The van der Waals surface area contributed by atoms with E-state index in [2.05, 4.69) is 25.3 Å². The summed E-state index contributed by atoms with van der Waals surface area (Å²) >= 11 is 0. The van der Waals surface area contributed by atoms with Crippen LogP contribution in [0.3, 0.4) is 0 Å². The van der Waals surface area contributed by atoms with Gasteiger partial charge in [-0.2, -0.15) is 20.0 Å². The summed E-state index contributed by atoms with van der Waals surface area (Å²) in [4.78, 5) is 26.0. The first-order valence-electron chi connectivity index (χ1n) is 11.9. The third-order valence-electron chi connectivity index (χ3n) is 6.60. The molecule has 6 rings (SSSR count). The van der Waals surface area contributed by atoms with Crippen molar-refractivity contribution in [2.45, 2.75) is 51.2 Å². The van der Waals surface area contributed by atoms with Gasteiger partial charge in [-0.05, 0) is 63.3 Å². The Bertz CT molecular complexity index is 1350. The van der Waals surface area contributed by atoms with Crippen molar-refractivity contribution >= 4 is 5.91 Å². The van der Waals surface area contributed by atoms with Crippen LogP contribution >= 0.6 is 0 Å². The first kappa shape index (κ1) is 21.5. The largest absolute Gasteiger partial charge is 0.474 e. The average molecular weight is 472 g/mol. The van der Waals surface area contributed by atoms with Crippen molar-refractivity contribution in [2.75, 3.05) is 6.54 Å². The number of ether oxygens (including phenoxy) is 1. The van der Waals surface area contributed by atoms with Crippen LogP contribution in [0.1, 0.15) is 60.0 Å². The number of nitrogens with zero attached hydrogens (tertiary/aromatic N) is 7. The van der Waals surface area contributed by atoms with E-state index in [1.54, 1.807) is 23.5 Å². The van der Waals surface area contributed by atoms with Gasteiger partial charge in [0.2, 0.25) is 17.6 Å². The minimum absolute atomic E-state index is 0.112. The summed E-state index contributed by atoms with van der Waals surface area (Å²) in [5.41, 5.74) is 2.85. The SMILES string of the molecule is Cc1ccc(-n2nccn2)c(C(=O)N2CCCC2c2nc(-c3cccnc3OC3CCC3)no2)c1. The molecule has 0 N–H and O–H groups in total. The van der Waals surface area contributed by atoms with Gasteiger partial charge in [-0.15, -0.1) is 0 Å². The molecule has 2 fully saturated rings. The van der Waals surface area contributed by atoms with E-state index in [9.17, 15) is 4.79 Å². The van der Waals surface area contributed by atoms with Crippen LogP contribution in [0.2, 0.25) is 0 Å². The molecular formula is C25H25N7O3. The van der Waals surface area contributed by atoms with E-state index in [0.717, 1.165) is 31.2 Å². The second kappa shape index (κ2) is 8.94. The van der Waals surface area contributed by atoms with E-state index in [1.807, 2.05) is 37.3 Å². The van der Waals surface area contributed by atoms with Crippen LogP contribution in [0.15, 0.2) is 53.4 Å². The van der Waals surface area contributed by atoms with Crippen LogP contribution in [-0.2, 0) is 0 Å².